The van der Waals surface area contributed by atoms with E-state index in [4.69, 9.17) is 0 Å². The molecule has 0 atom stereocenters. The maximum absolute atomic E-state index is 12.7. The van der Waals surface area contributed by atoms with Crippen LogP contribution in [0.15, 0.2) is 12.1 Å². The molecule has 0 radical (unpaired) electrons. The van der Waals surface area contributed by atoms with Gasteiger partial charge in [-0.25, -0.2) is 8.42 Å². The normalized spacial score (nSPS) is 15.9. The number of rotatable bonds is 4. The number of likely N-dealkylation sites (tertiary alicyclic amines) is 1. The minimum atomic E-state index is -3.53. The van der Waals surface area contributed by atoms with Crippen LogP contribution in [0.25, 0.3) is 0 Å². The third-order valence-corrected chi connectivity index (χ3v) is 5.64. The lowest BCUT2D eigenvalue weighted by molar-refractivity contribution is -0.129. The van der Waals surface area contributed by atoms with Crippen molar-refractivity contribution in [2.24, 2.45) is 0 Å². The lowest BCUT2D eigenvalue weighted by atomic mass is 10.1. The van der Waals surface area contributed by atoms with E-state index in [2.05, 4.69) is 0 Å². The Morgan fingerprint density at radius 3 is 2.00 bits per heavy atom. The van der Waals surface area contributed by atoms with Gasteiger partial charge in [-0.2, -0.15) is 0 Å². The first-order valence-electron chi connectivity index (χ1n) is 8.53. The van der Waals surface area contributed by atoms with E-state index in [0.29, 0.717) is 5.69 Å². The highest BCUT2D eigenvalue weighted by Crippen LogP contribution is 2.28. The van der Waals surface area contributed by atoms with Crippen LogP contribution in [0.4, 0.5) is 5.69 Å². The quantitative estimate of drug-likeness (QED) is 0.837. The van der Waals surface area contributed by atoms with Gasteiger partial charge in [0.05, 0.1) is 11.9 Å². The largest absolute Gasteiger partial charge is 0.341 e. The number of anilines is 1. The van der Waals surface area contributed by atoms with Crippen LogP contribution < -0.4 is 4.31 Å². The average molecular weight is 353 g/mol. The van der Waals surface area contributed by atoms with Crippen LogP contribution in [0.3, 0.4) is 0 Å². The van der Waals surface area contributed by atoms with Crippen molar-refractivity contribution in [3.8, 4) is 0 Å². The molecule has 0 spiro atoms. The third kappa shape index (κ3) is 4.50. The SMILES string of the molecule is Cc1cc(C)c(N(CC(=O)N2CCCCCC2)S(C)(=O)=O)c(C)c1. The summed E-state index contributed by atoms with van der Waals surface area (Å²) >= 11 is 0. The highest BCUT2D eigenvalue weighted by atomic mass is 32.2. The molecule has 0 aromatic heterocycles. The van der Waals surface area contributed by atoms with Crippen molar-refractivity contribution in [2.45, 2.75) is 46.5 Å². The van der Waals surface area contributed by atoms with E-state index in [-0.39, 0.29) is 12.5 Å². The smallest absolute Gasteiger partial charge is 0.243 e. The van der Waals surface area contributed by atoms with E-state index in [1.165, 1.54) is 10.6 Å². The molecule has 134 valence electrons. The van der Waals surface area contributed by atoms with Crippen molar-refractivity contribution in [1.29, 1.82) is 0 Å². The van der Waals surface area contributed by atoms with Crippen molar-refractivity contribution < 1.29 is 13.2 Å². The summed E-state index contributed by atoms with van der Waals surface area (Å²) in [7, 11) is -3.53. The Bertz CT molecular complexity index is 682. The molecule has 0 saturated carbocycles. The van der Waals surface area contributed by atoms with Gasteiger partial charge in [-0.15, -0.1) is 0 Å². The molecule has 0 N–H and O–H groups in total. The van der Waals surface area contributed by atoms with Crippen molar-refractivity contribution in [1.82, 2.24) is 4.90 Å². The van der Waals surface area contributed by atoms with Crippen LogP contribution in [0.5, 0.6) is 0 Å². The second-order valence-electron chi connectivity index (χ2n) is 6.81. The van der Waals surface area contributed by atoms with Gasteiger partial charge < -0.3 is 4.90 Å². The molecule has 2 rings (SSSR count). The van der Waals surface area contributed by atoms with Gasteiger partial charge in [0.2, 0.25) is 15.9 Å². The van der Waals surface area contributed by atoms with E-state index in [0.717, 1.165) is 55.5 Å². The van der Waals surface area contributed by atoms with Crippen LogP contribution in [0, 0.1) is 20.8 Å². The summed E-state index contributed by atoms with van der Waals surface area (Å²) < 4.78 is 26.0. The summed E-state index contributed by atoms with van der Waals surface area (Å²) in [4.78, 5) is 14.5. The molecule has 1 aromatic carbocycles. The van der Waals surface area contributed by atoms with Crippen LogP contribution in [-0.4, -0.2) is 45.1 Å². The number of hydrogen-bond donors (Lipinski definition) is 0. The molecule has 0 aliphatic carbocycles. The molecule has 24 heavy (non-hydrogen) atoms. The summed E-state index contributed by atoms with van der Waals surface area (Å²) in [6.07, 6.45) is 5.42. The second kappa shape index (κ2) is 7.55. The molecule has 1 heterocycles. The molecule has 1 aromatic rings. The van der Waals surface area contributed by atoms with Crippen molar-refractivity contribution in [2.75, 3.05) is 30.2 Å². The van der Waals surface area contributed by atoms with E-state index >= 15 is 0 Å². The van der Waals surface area contributed by atoms with Crippen LogP contribution in [0.1, 0.15) is 42.4 Å². The number of benzene rings is 1. The molecule has 0 bridgehead atoms. The summed E-state index contributed by atoms with van der Waals surface area (Å²) in [6, 6.07) is 3.91. The number of hydrogen-bond acceptors (Lipinski definition) is 3. The molecule has 0 unspecified atom stereocenters. The zero-order valence-electron chi connectivity index (χ0n) is 15.1. The third-order valence-electron chi connectivity index (χ3n) is 4.52. The molecule has 1 amide bonds. The predicted molar refractivity (Wildman–Crippen MR) is 97.9 cm³/mol. The fourth-order valence-electron chi connectivity index (χ4n) is 3.47. The first kappa shape index (κ1) is 18.8. The van der Waals surface area contributed by atoms with E-state index in [9.17, 15) is 13.2 Å². The van der Waals surface area contributed by atoms with Crippen LogP contribution in [0.2, 0.25) is 0 Å². The fourth-order valence-corrected chi connectivity index (χ4v) is 4.44. The summed E-state index contributed by atoms with van der Waals surface area (Å²) in [5, 5.41) is 0. The lowest BCUT2D eigenvalue weighted by Crippen LogP contribution is -2.43. The molecule has 1 fully saturated rings. The Labute approximate surface area is 145 Å². The van der Waals surface area contributed by atoms with Gasteiger partial charge in [0.15, 0.2) is 0 Å². The van der Waals surface area contributed by atoms with Gasteiger partial charge in [-0.1, -0.05) is 30.5 Å². The molecule has 6 heteroatoms. The van der Waals surface area contributed by atoms with Crippen molar-refractivity contribution in [3.63, 3.8) is 0 Å². The number of nitrogens with zero attached hydrogens (tertiary/aromatic N) is 2. The fraction of sp³-hybridized carbons (Fsp3) is 0.611. The van der Waals surface area contributed by atoms with Crippen molar-refractivity contribution >= 4 is 21.6 Å². The van der Waals surface area contributed by atoms with E-state index < -0.39 is 10.0 Å². The highest BCUT2D eigenvalue weighted by molar-refractivity contribution is 7.92. The monoisotopic (exact) mass is 352 g/mol. The average Bonchev–Trinajstić information content (AvgIpc) is 2.73. The Morgan fingerprint density at radius 1 is 1.04 bits per heavy atom. The molecule has 1 saturated heterocycles. The van der Waals surface area contributed by atoms with Gasteiger partial charge >= 0.3 is 0 Å². The lowest BCUT2D eigenvalue weighted by Gasteiger charge is -2.29. The maximum atomic E-state index is 12.7. The number of aryl methyl sites for hydroxylation is 3. The van der Waals surface area contributed by atoms with Gasteiger partial charge in [0.25, 0.3) is 0 Å². The Kier molecular flexibility index (Phi) is 5.91. The Hall–Kier alpha value is -1.56. The second-order valence-corrected chi connectivity index (χ2v) is 8.72. The van der Waals surface area contributed by atoms with E-state index in [1.807, 2.05) is 37.8 Å². The Balaban J connectivity index is 2.32. The zero-order chi connectivity index (χ0) is 17.9. The highest BCUT2D eigenvalue weighted by Gasteiger charge is 2.26. The van der Waals surface area contributed by atoms with E-state index in [1.54, 1.807) is 0 Å². The minimum Gasteiger partial charge on any atom is -0.341 e. The number of amides is 1. The summed E-state index contributed by atoms with van der Waals surface area (Å²) in [6.45, 7) is 7.10. The number of carbonyl (C=O) groups is 1. The van der Waals surface area contributed by atoms with Crippen LogP contribution >= 0.6 is 0 Å². The molecule has 1 aliphatic heterocycles. The van der Waals surface area contributed by atoms with Gasteiger partial charge in [-0.3, -0.25) is 9.10 Å². The number of sulfonamides is 1. The Morgan fingerprint density at radius 2 is 1.54 bits per heavy atom. The maximum Gasteiger partial charge on any atom is 0.243 e. The molecule has 1 aliphatic rings. The molecule has 5 nitrogen and oxygen atoms in total. The first-order valence-corrected chi connectivity index (χ1v) is 10.4. The summed E-state index contributed by atoms with van der Waals surface area (Å²) in [5.74, 6) is -0.110. The van der Waals surface area contributed by atoms with Gasteiger partial charge in [0, 0.05) is 13.1 Å². The minimum absolute atomic E-state index is 0.110. The predicted octanol–water partition coefficient (Wildman–Crippen LogP) is 2.78. The van der Waals surface area contributed by atoms with Gasteiger partial charge in [-0.05, 0) is 44.7 Å². The topological polar surface area (TPSA) is 57.7 Å². The van der Waals surface area contributed by atoms with Crippen molar-refractivity contribution in [3.05, 3.63) is 28.8 Å². The zero-order valence-corrected chi connectivity index (χ0v) is 15.9. The molecular weight excluding hydrogens is 324 g/mol. The first-order chi connectivity index (χ1) is 11.2. The standard InChI is InChI=1S/C18H28N2O3S/c1-14-11-15(2)18(16(3)12-14)20(24(4,22)23)13-17(21)19-9-7-5-6-8-10-19/h11-12H,5-10,13H2,1-4H3. The van der Waals surface area contributed by atoms with Gasteiger partial charge in [0.1, 0.15) is 6.54 Å². The molecular formula is C18H28N2O3S. The van der Waals surface area contributed by atoms with Crippen LogP contribution in [-0.2, 0) is 14.8 Å². The summed E-state index contributed by atoms with van der Waals surface area (Å²) in [5.41, 5.74) is 3.47. The number of carbonyl (C=O) groups excluding carboxylic acids is 1.